The smallest absolute Gasteiger partial charge is 0.272 e. The Hall–Kier alpha value is -4.24. The molecule has 0 fully saturated rings. The quantitative estimate of drug-likeness (QED) is 0.430. The molecular weight excluding hydrogens is 490 g/mol. The zero-order chi connectivity index (χ0) is 26.4. The number of aromatic amines is 2. The van der Waals surface area contributed by atoms with Crippen molar-refractivity contribution in [3.8, 4) is 0 Å². The van der Waals surface area contributed by atoms with E-state index >= 15 is 0 Å². The minimum atomic E-state index is -3.72. The van der Waals surface area contributed by atoms with Crippen LogP contribution in [0.4, 0.5) is 0 Å². The Morgan fingerprint density at radius 1 is 0.892 bits per heavy atom. The Morgan fingerprint density at radius 2 is 1.51 bits per heavy atom. The molecule has 5 rings (SSSR count). The molecule has 2 aromatic carbocycles. The first-order chi connectivity index (χ1) is 17.6. The third-order valence-electron chi connectivity index (χ3n) is 6.16. The van der Waals surface area contributed by atoms with E-state index in [2.05, 4.69) is 15.0 Å². The topological polar surface area (TPSA) is 126 Å². The highest BCUT2D eigenvalue weighted by Crippen LogP contribution is 2.42. The summed E-state index contributed by atoms with van der Waals surface area (Å²) in [5.41, 5.74) is 0.884. The molecule has 0 saturated heterocycles. The van der Waals surface area contributed by atoms with Crippen molar-refractivity contribution < 1.29 is 12.8 Å². The molecule has 9 heteroatoms. The standard InChI is InChI=1S/C28H25N3O5S/c1-28(2,3)25-21(29-16-36-25)15-23-27(33)30-22(26(32)31-23)13-17-14-24(20-12-8-7-11-19(17)20)37(34,35)18-9-5-4-6-10-18/h4-16,24H,1-3H3,(H,30,33)(H,31,32). The van der Waals surface area contributed by atoms with Gasteiger partial charge in [-0.1, -0.05) is 69.3 Å². The first-order valence-corrected chi connectivity index (χ1v) is 13.2. The van der Waals surface area contributed by atoms with Crippen molar-refractivity contribution in [3.63, 3.8) is 0 Å². The van der Waals surface area contributed by atoms with E-state index in [1.807, 2.05) is 20.8 Å². The second-order valence-corrected chi connectivity index (χ2v) is 11.9. The van der Waals surface area contributed by atoms with E-state index in [1.54, 1.807) is 60.7 Å². The highest BCUT2D eigenvalue weighted by molar-refractivity contribution is 7.91. The van der Waals surface area contributed by atoms with Gasteiger partial charge in [-0.3, -0.25) is 9.59 Å². The first-order valence-electron chi connectivity index (χ1n) is 11.7. The minimum absolute atomic E-state index is 0.0113. The molecule has 1 atom stereocenters. The van der Waals surface area contributed by atoms with E-state index in [-0.39, 0.29) is 21.0 Å². The van der Waals surface area contributed by atoms with Gasteiger partial charge < -0.3 is 14.4 Å². The lowest BCUT2D eigenvalue weighted by atomic mass is 9.92. The summed E-state index contributed by atoms with van der Waals surface area (Å²) in [6.45, 7) is 5.86. The number of oxazole rings is 1. The van der Waals surface area contributed by atoms with Crippen LogP contribution in [-0.2, 0) is 15.3 Å². The van der Waals surface area contributed by atoms with Gasteiger partial charge in [-0.15, -0.1) is 0 Å². The van der Waals surface area contributed by atoms with Crippen LogP contribution in [0.5, 0.6) is 0 Å². The summed E-state index contributed by atoms with van der Waals surface area (Å²) < 4.78 is 32.3. The second-order valence-electron chi connectivity index (χ2n) is 9.83. The zero-order valence-electron chi connectivity index (χ0n) is 20.5. The molecule has 1 aliphatic carbocycles. The van der Waals surface area contributed by atoms with Crippen LogP contribution in [0.3, 0.4) is 0 Å². The van der Waals surface area contributed by atoms with Gasteiger partial charge in [0.25, 0.3) is 11.1 Å². The number of fused-ring (bicyclic) bond motifs is 1. The highest BCUT2D eigenvalue weighted by Gasteiger charge is 2.33. The molecule has 2 heterocycles. The van der Waals surface area contributed by atoms with Crippen molar-refractivity contribution in [2.24, 2.45) is 0 Å². The van der Waals surface area contributed by atoms with Crippen molar-refractivity contribution in [3.05, 3.63) is 121 Å². The maximum absolute atomic E-state index is 13.4. The Morgan fingerprint density at radius 3 is 2.19 bits per heavy atom. The predicted octanol–water partition coefficient (Wildman–Crippen LogP) is 2.57. The maximum Gasteiger partial charge on any atom is 0.272 e. The number of allylic oxidation sites excluding steroid dienone is 1. The molecule has 2 N–H and O–H groups in total. The van der Waals surface area contributed by atoms with E-state index in [1.165, 1.54) is 18.5 Å². The van der Waals surface area contributed by atoms with Crippen LogP contribution in [-0.4, -0.2) is 23.4 Å². The summed E-state index contributed by atoms with van der Waals surface area (Å²) in [6, 6.07) is 15.4. The van der Waals surface area contributed by atoms with E-state index in [0.29, 0.717) is 28.2 Å². The van der Waals surface area contributed by atoms with E-state index in [0.717, 1.165) is 0 Å². The molecule has 1 unspecified atom stereocenters. The fourth-order valence-corrected chi connectivity index (χ4v) is 6.09. The molecule has 188 valence electrons. The van der Waals surface area contributed by atoms with E-state index in [9.17, 15) is 18.0 Å². The highest BCUT2D eigenvalue weighted by atomic mass is 32.2. The predicted molar refractivity (Wildman–Crippen MR) is 141 cm³/mol. The maximum atomic E-state index is 13.4. The number of hydrogen-bond acceptors (Lipinski definition) is 6. The van der Waals surface area contributed by atoms with Crippen LogP contribution >= 0.6 is 0 Å². The van der Waals surface area contributed by atoms with Crippen LogP contribution in [0.2, 0.25) is 0 Å². The first kappa shape index (κ1) is 24.5. The van der Waals surface area contributed by atoms with Gasteiger partial charge in [0.1, 0.15) is 27.4 Å². The summed E-state index contributed by atoms with van der Waals surface area (Å²) in [5.74, 6) is 0.585. The number of nitrogens with zero attached hydrogens (tertiary/aromatic N) is 1. The second kappa shape index (κ2) is 9.01. The fraction of sp³-hybridized carbons (Fsp3) is 0.179. The van der Waals surface area contributed by atoms with Gasteiger partial charge in [-0.05, 0) is 41.0 Å². The summed E-state index contributed by atoms with van der Waals surface area (Å²) in [4.78, 5) is 35.4. The van der Waals surface area contributed by atoms with Gasteiger partial charge in [-0.25, -0.2) is 13.4 Å². The molecule has 1 aliphatic rings. The van der Waals surface area contributed by atoms with Crippen molar-refractivity contribution in [2.75, 3.05) is 0 Å². The molecular formula is C28H25N3O5S. The Kier molecular flexibility index (Phi) is 5.95. The fourth-order valence-electron chi connectivity index (χ4n) is 4.40. The number of hydrogen-bond donors (Lipinski definition) is 2. The third-order valence-corrected chi connectivity index (χ3v) is 8.15. The number of aromatic nitrogens is 3. The number of rotatable bonds is 4. The molecule has 0 radical (unpaired) electrons. The average Bonchev–Trinajstić information content (AvgIpc) is 3.48. The van der Waals surface area contributed by atoms with Gasteiger partial charge in [-0.2, -0.15) is 0 Å². The Labute approximate surface area is 212 Å². The van der Waals surface area contributed by atoms with Gasteiger partial charge in [0.15, 0.2) is 16.2 Å². The summed E-state index contributed by atoms with van der Waals surface area (Å²) in [7, 11) is -3.72. The molecule has 4 aromatic rings. The van der Waals surface area contributed by atoms with Crippen LogP contribution in [0.1, 0.15) is 48.6 Å². The third kappa shape index (κ3) is 4.53. The molecule has 8 nitrogen and oxygen atoms in total. The van der Waals surface area contributed by atoms with Crippen LogP contribution in [0.25, 0.3) is 17.7 Å². The molecule has 0 saturated carbocycles. The molecule has 0 amide bonds. The van der Waals surface area contributed by atoms with Crippen molar-refractivity contribution in [1.82, 2.24) is 15.0 Å². The van der Waals surface area contributed by atoms with Gasteiger partial charge in [0.2, 0.25) is 0 Å². The zero-order valence-corrected chi connectivity index (χ0v) is 21.3. The van der Waals surface area contributed by atoms with Crippen LogP contribution in [0.15, 0.2) is 86.0 Å². The average molecular weight is 516 g/mol. The molecule has 0 spiro atoms. The van der Waals surface area contributed by atoms with Gasteiger partial charge in [0.05, 0.1) is 4.90 Å². The number of H-pyrrole nitrogens is 2. The molecule has 0 aliphatic heterocycles. The molecule has 0 bridgehead atoms. The van der Waals surface area contributed by atoms with Crippen molar-refractivity contribution in [2.45, 2.75) is 36.3 Å². The summed E-state index contributed by atoms with van der Waals surface area (Å²) in [5, 5.41) is -0.872. The van der Waals surface area contributed by atoms with Crippen molar-refractivity contribution >= 4 is 27.6 Å². The van der Waals surface area contributed by atoms with Crippen molar-refractivity contribution in [1.29, 1.82) is 0 Å². The summed E-state index contributed by atoms with van der Waals surface area (Å²) in [6.07, 6.45) is 5.88. The monoisotopic (exact) mass is 515 g/mol. The Bertz CT molecular complexity index is 1870. The minimum Gasteiger partial charge on any atom is -0.447 e. The Balaban J connectivity index is 1.62. The summed E-state index contributed by atoms with van der Waals surface area (Å²) >= 11 is 0. The van der Waals surface area contributed by atoms with E-state index in [4.69, 9.17) is 4.42 Å². The number of nitrogens with one attached hydrogen (secondary N) is 2. The SMILES string of the molecule is CC(C)(C)c1ocnc1C=c1[nH]c(=O)c(=CC2=CC(S(=O)(=O)c3ccccc3)c3ccccc32)[nH]c1=O. The molecule has 37 heavy (non-hydrogen) atoms. The lowest BCUT2D eigenvalue weighted by Crippen LogP contribution is -2.46. The van der Waals surface area contributed by atoms with E-state index < -0.39 is 26.2 Å². The van der Waals surface area contributed by atoms with Crippen LogP contribution in [0, 0.1) is 0 Å². The number of benzene rings is 2. The normalized spacial score (nSPS) is 16.6. The van der Waals surface area contributed by atoms with Crippen LogP contribution < -0.4 is 21.8 Å². The molecule has 2 aromatic heterocycles. The lowest BCUT2D eigenvalue weighted by molar-refractivity contribution is 0.407. The van der Waals surface area contributed by atoms with Gasteiger partial charge in [0, 0.05) is 5.41 Å². The largest absolute Gasteiger partial charge is 0.447 e. The lowest BCUT2D eigenvalue weighted by Gasteiger charge is -2.14. The van der Waals surface area contributed by atoms with Gasteiger partial charge >= 0.3 is 0 Å². The number of sulfone groups is 1.